The molecular formula is C10H19N3O2S. The molecule has 0 aliphatic heterocycles. The maximum absolute atomic E-state index is 9.27. The fourth-order valence-corrected chi connectivity index (χ4v) is 1.94. The van der Waals surface area contributed by atoms with E-state index < -0.39 is 12.1 Å². The second-order valence-electron chi connectivity index (χ2n) is 4.22. The lowest BCUT2D eigenvalue weighted by Gasteiger charge is -2.08. The van der Waals surface area contributed by atoms with E-state index in [0.29, 0.717) is 23.4 Å². The second-order valence-corrected chi connectivity index (χ2v) is 5.25. The van der Waals surface area contributed by atoms with E-state index in [4.69, 9.17) is 10.3 Å². The van der Waals surface area contributed by atoms with Crippen LogP contribution < -0.4 is 5.73 Å². The van der Waals surface area contributed by atoms with E-state index in [-0.39, 0.29) is 0 Å². The number of hydrogen-bond acceptors (Lipinski definition) is 6. The molecule has 1 rings (SSSR count). The van der Waals surface area contributed by atoms with Crippen molar-refractivity contribution in [1.29, 1.82) is 0 Å². The van der Waals surface area contributed by atoms with E-state index in [1.54, 1.807) is 18.7 Å². The third kappa shape index (κ3) is 4.11. The molecule has 0 aromatic carbocycles. The van der Waals surface area contributed by atoms with Gasteiger partial charge in [-0.05, 0) is 18.6 Å². The first-order chi connectivity index (χ1) is 7.50. The van der Waals surface area contributed by atoms with E-state index in [1.807, 2.05) is 0 Å². The van der Waals surface area contributed by atoms with E-state index in [0.717, 1.165) is 5.75 Å². The van der Waals surface area contributed by atoms with Crippen molar-refractivity contribution in [2.45, 2.75) is 38.7 Å². The van der Waals surface area contributed by atoms with Gasteiger partial charge in [0.1, 0.15) is 6.04 Å². The summed E-state index contributed by atoms with van der Waals surface area (Å²) >= 11 is 1.76. The Kier molecular flexibility index (Phi) is 5.24. The predicted octanol–water partition coefficient (Wildman–Crippen LogP) is 1.34. The number of nitrogens with zero attached hydrogens (tertiary/aromatic N) is 2. The molecule has 2 atom stereocenters. The molecule has 5 nitrogen and oxygen atoms in total. The zero-order valence-electron chi connectivity index (χ0n) is 9.88. The van der Waals surface area contributed by atoms with Crippen LogP contribution in [0.1, 0.15) is 38.5 Å². The number of nitrogens with two attached hydrogens (primary N) is 1. The molecule has 1 aromatic heterocycles. The van der Waals surface area contributed by atoms with Crippen LogP contribution in [0.15, 0.2) is 4.52 Å². The average Bonchev–Trinajstić information content (AvgIpc) is 2.64. The Morgan fingerprint density at radius 1 is 1.44 bits per heavy atom. The molecule has 0 aliphatic carbocycles. The zero-order valence-corrected chi connectivity index (χ0v) is 10.7. The van der Waals surface area contributed by atoms with Gasteiger partial charge in [-0.2, -0.15) is 16.7 Å². The molecule has 2 unspecified atom stereocenters. The highest BCUT2D eigenvalue weighted by Gasteiger charge is 2.19. The summed E-state index contributed by atoms with van der Waals surface area (Å²) in [7, 11) is 0. The topological polar surface area (TPSA) is 85.2 Å². The van der Waals surface area contributed by atoms with Crippen molar-refractivity contribution in [2.75, 3.05) is 5.75 Å². The van der Waals surface area contributed by atoms with Gasteiger partial charge in [0, 0.05) is 0 Å². The number of aliphatic hydroxyl groups excluding tert-OH is 1. The lowest BCUT2D eigenvalue weighted by Crippen LogP contribution is -2.23. The molecule has 0 radical (unpaired) electrons. The predicted molar refractivity (Wildman–Crippen MR) is 63.9 cm³/mol. The number of aromatic nitrogens is 2. The Labute approximate surface area is 99.8 Å². The van der Waals surface area contributed by atoms with Crippen LogP contribution in [0.4, 0.5) is 0 Å². The molecule has 3 N–H and O–H groups in total. The highest BCUT2D eigenvalue weighted by Crippen LogP contribution is 2.16. The molecule has 16 heavy (non-hydrogen) atoms. The lowest BCUT2D eigenvalue weighted by molar-refractivity contribution is 0.146. The quantitative estimate of drug-likeness (QED) is 0.786. The van der Waals surface area contributed by atoms with Crippen LogP contribution in [0.3, 0.4) is 0 Å². The largest absolute Gasteiger partial charge is 0.391 e. The number of hydrogen-bond donors (Lipinski definition) is 2. The van der Waals surface area contributed by atoms with Gasteiger partial charge in [0.2, 0.25) is 5.89 Å². The van der Waals surface area contributed by atoms with Crippen LogP contribution in [-0.4, -0.2) is 27.1 Å². The van der Waals surface area contributed by atoms with Gasteiger partial charge < -0.3 is 15.4 Å². The van der Waals surface area contributed by atoms with Gasteiger partial charge >= 0.3 is 0 Å². The highest BCUT2D eigenvalue weighted by molar-refractivity contribution is 7.98. The van der Waals surface area contributed by atoms with Gasteiger partial charge in [-0.25, -0.2) is 0 Å². The van der Waals surface area contributed by atoms with Crippen molar-refractivity contribution in [3.05, 3.63) is 11.7 Å². The lowest BCUT2D eigenvalue weighted by atomic mass is 10.2. The third-order valence-corrected chi connectivity index (χ3v) is 3.34. The molecule has 0 amide bonds. The summed E-state index contributed by atoms with van der Waals surface area (Å²) in [4.78, 5) is 4.14. The van der Waals surface area contributed by atoms with Crippen molar-refractivity contribution in [3.63, 3.8) is 0 Å². The van der Waals surface area contributed by atoms with Crippen molar-refractivity contribution in [2.24, 2.45) is 11.7 Å². The minimum Gasteiger partial charge on any atom is -0.391 e. The molecule has 1 heterocycles. The van der Waals surface area contributed by atoms with Crippen molar-refractivity contribution in [3.8, 4) is 0 Å². The first-order valence-corrected chi connectivity index (χ1v) is 6.50. The van der Waals surface area contributed by atoms with Crippen LogP contribution in [-0.2, 0) is 5.75 Å². The Morgan fingerprint density at radius 3 is 2.69 bits per heavy atom. The normalized spacial score (nSPS) is 15.4. The molecule has 0 aliphatic rings. The first-order valence-electron chi connectivity index (χ1n) is 5.34. The van der Waals surface area contributed by atoms with Gasteiger partial charge in [0.15, 0.2) is 5.82 Å². The zero-order chi connectivity index (χ0) is 12.1. The summed E-state index contributed by atoms with van der Waals surface area (Å²) in [5.74, 6) is 3.36. The van der Waals surface area contributed by atoms with Crippen molar-refractivity contribution >= 4 is 11.8 Å². The van der Waals surface area contributed by atoms with Gasteiger partial charge in [0.25, 0.3) is 0 Å². The minimum atomic E-state index is -0.684. The summed E-state index contributed by atoms with van der Waals surface area (Å²) in [5.41, 5.74) is 5.67. The summed E-state index contributed by atoms with van der Waals surface area (Å²) in [6, 6.07) is -0.601. The molecular weight excluding hydrogens is 226 g/mol. The highest BCUT2D eigenvalue weighted by atomic mass is 32.2. The smallest absolute Gasteiger partial charge is 0.246 e. The monoisotopic (exact) mass is 245 g/mol. The Balaban J connectivity index is 2.45. The fourth-order valence-electron chi connectivity index (χ4n) is 1.05. The van der Waals surface area contributed by atoms with E-state index in [9.17, 15) is 5.11 Å². The maximum Gasteiger partial charge on any atom is 0.246 e. The van der Waals surface area contributed by atoms with Gasteiger partial charge in [-0.15, -0.1) is 0 Å². The Bertz CT molecular complexity index is 315. The number of rotatable bonds is 6. The van der Waals surface area contributed by atoms with Gasteiger partial charge in [-0.3, -0.25) is 0 Å². The van der Waals surface area contributed by atoms with Gasteiger partial charge in [-0.1, -0.05) is 19.0 Å². The molecule has 0 saturated heterocycles. The standard InChI is InChI=1S/C10H19N3O2S/c1-6(2)4-16-5-8-12-10(15-13-8)9(11)7(3)14/h6-7,9,14H,4-5,11H2,1-3H3. The molecule has 0 saturated carbocycles. The second kappa shape index (κ2) is 6.22. The van der Waals surface area contributed by atoms with Crippen LogP contribution in [0, 0.1) is 5.92 Å². The number of aliphatic hydroxyl groups is 1. The van der Waals surface area contributed by atoms with E-state index in [1.165, 1.54) is 0 Å². The molecule has 1 aromatic rings. The van der Waals surface area contributed by atoms with Crippen LogP contribution in [0.5, 0.6) is 0 Å². The Hall–Kier alpha value is -0.590. The summed E-state index contributed by atoms with van der Waals surface area (Å²) < 4.78 is 4.99. The number of thioether (sulfide) groups is 1. The van der Waals surface area contributed by atoms with E-state index in [2.05, 4.69) is 24.0 Å². The van der Waals surface area contributed by atoms with Crippen molar-refractivity contribution in [1.82, 2.24) is 10.1 Å². The summed E-state index contributed by atoms with van der Waals surface area (Å²) in [6.07, 6.45) is -0.684. The minimum absolute atomic E-state index is 0.301. The third-order valence-electron chi connectivity index (χ3n) is 1.97. The first kappa shape index (κ1) is 13.5. The van der Waals surface area contributed by atoms with Crippen LogP contribution in [0.2, 0.25) is 0 Å². The van der Waals surface area contributed by atoms with Crippen LogP contribution >= 0.6 is 11.8 Å². The van der Waals surface area contributed by atoms with E-state index >= 15 is 0 Å². The molecule has 92 valence electrons. The average molecular weight is 245 g/mol. The maximum atomic E-state index is 9.27. The van der Waals surface area contributed by atoms with Gasteiger partial charge in [0.05, 0.1) is 11.9 Å². The molecule has 0 bridgehead atoms. The summed E-state index contributed by atoms with van der Waals surface area (Å²) in [6.45, 7) is 5.93. The Morgan fingerprint density at radius 2 is 2.12 bits per heavy atom. The molecule has 6 heteroatoms. The summed E-state index contributed by atoms with van der Waals surface area (Å²) in [5, 5.41) is 13.1. The molecule has 0 fully saturated rings. The van der Waals surface area contributed by atoms with Crippen molar-refractivity contribution < 1.29 is 9.63 Å². The SMILES string of the molecule is CC(C)CSCc1noc(C(N)C(C)O)n1. The van der Waals surface area contributed by atoms with Crippen LogP contribution in [0.25, 0.3) is 0 Å². The molecule has 0 spiro atoms. The fraction of sp³-hybridized carbons (Fsp3) is 0.800.